The van der Waals surface area contributed by atoms with Crippen molar-refractivity contribution >= 4 is 23.5 Å². The van der Waals surface area contributed by atoms with Crippen molar-refractivity contribution < 1.29 is 9.90 Å². The number of carbonyl (C=O) groups excluding carboxylic acids is 1. The lowest BCUT2D eigenvalue weighted by Crippen LogP contribution is -2.20. The molecule has 0 spiro atoms. The molecule has 2 aromatic rings. The molecule has 1 aliphatic rings. The Morgan fingerprint density at radius 3 is 2.43 bits per heavy atom. The maximum Gasteiger partial charge on any atom is 0.156 e. The highest BCUT2D eigenvalue weighted by atomic mass is 16.2. The molecule has 0 saturated carbocycles. The number of aldehydes is 1. The third kappa shape index (κ3) is 6.09. The van der Waals surface area contributed by atoms with Gasteiger partial charge in [-0.05, 0) is 19.8 Å². The number of nitrogen functional groups attached to an aromatic ring is 1. The zero-order valence-electron chi connectivity index (χ0n) is 19.1. The lowest BCUT2D eigenvalue weighted by molar-refractivity contribution is 0.112. The third-order valence-electron chi connectivity index (χ3n) is 4.63. The number of aliphatic hydroxyl groups excluding tert-OH is 1. The smallest absolute Gasteiger partial charge is 0.156 e. The fourth-order valence-corrected chi connectivity index (χ4v) is 3.09. The van der Waals surface area contributed by atoms with E-state index in [0.29, 0.717) is 11.3 Å². The zero-order chi connectivity index (χ0) is 22.7. The molecule has 4 N–H and O–H groups in total. The second-order valence-electron chi connectivity index (χ2n) is 7.04. The number of hydrogen-bond acceptors (Lipinski definition) is 7. The number of rotatable bonds is 6. The summed E-state index contributed by atoms with van der Waals surface area (Å²) in [7, 11) is 4.92. The van der Waals surface area contributed by atoms with Crippen LogP contribution in [0.5, 0.6) is 0 Å². The van der Waals surface area contributed by atoms with Crippen LogP contribution in [0.15, 0.2) is 12.3 Å². The molecule has 9 heteroatoms. The first-order valence-electron chi connectivity index (χ1n) is 10.4. The number of anilines is 2. The molecular weight excluding hydrogens is 382 g/mol. The molecule has 30 heavy (non-hydrogen) atoms. The topological polar surface area (TPSA) is 116 Å². The van der Waals surface area contributed by atoms with Crippen molar-refractivity contribution in [3.63, 3.8) is 0 Å². The summed E-state index contributed by atoms with van der Waals surface area (Å²) in [6.45, 7) is 9.23. The maximum atomic E-state index is 11.5. The maximum absolute atomic E-state index is 11.5. The first kappa shape index (κ1) is 25.2. The van der Waals surface area contributed by atoms with E-state index in [0.717, 1.165) is 50.1 Å². The van der Waals surface area contributed by atoms with Gasteiger partial charge in [-0.2, -0.15) is 10.2 Å². The summed E-state index contributed by atoms with van der Waals surface area (Å²) in [5.41, 5.74) is 8.37. The Kier molecular flexibility index (Phi) is 10.7. The molecule has 0 atom stereocenters. The van der Waals surface area contributed by atoms with Crippen molar-refractivity contribution in [1.29, 1.82) is 0 Å². The Morgan fingerprint density at radius 2 is 1.90 bits per heavy atom. The van der Waals surface area contributed by atoms with E-state index < -0.39 is 0 Å². The number of nitrogens with two attached hydrogens (primary N) is 1. The molecule has 0 radical (unpaired) electrons. The van der Waals surface area contributed by atoms with Crippen molar-refractivity contribution in [2.24, 2.45) is 7.05 Å². The largest absolute Gasteiger partial charge is 0.400 e. The van der Waals surface area contributed by atoms with Gasteiger partial charge in [0.2, 0.25) is 0 Å². The van der Waals surface area contributed by atoms with Crippen LogP contribution >= 0.6 is 0 Å². The predicted molar refractivity (Wildman–Crippen MR) is 123 cm³/mol. The summed E-state index contributed by atoms with van der Waals surface area (Å²) >= 11 is 0. The molecule has 0 aromatic carbocycles. The average Bonchev–Trinajstić information content (AvgIpc) is 3.48. The van der Waals surface area contributed by atoms with Crippen LogP contribution in [0.4, 0.5) is 11.6 Å². The lowest BCUT2D eigenvalue weighted by Gasteiger charge is -2.16. The standard InChI is InChI=1S/C17H25N7O.C3H8.CH4O/c1-4-22(2)10-12(16-13(11-25)17(18)20-19-16)14-9-15(23(3)21-14)24-7-5-6-8-24;1-3-2;1-2/h9-11H,4-8H2,1-3H3,(H3,18,19,20);3H2,1-2H3;2H,1H3/b12-10-;;. The minimum Gasteiger partial charge on any atom is -0.400 e. The van der Waals surface area contributed by atoms with E-state index >= 15 is 0 Å². The van der Waals surface area contributed by atoms with Gasteiger partial charge in [-0.15, -0.1) is 0 Å². The Balaban J connectivity index is 0.000000826. The summed E-state index contributed by atoms with van der Waals surface area (Å²) in [6, 6.07) is 2.06. The number of hydrogen-bond donors (Lipinski definition) is 3. The van der Waals surface area contributed by atoms with Gasteiger partial charge in [0, 0.05) is 58.7 Å². The number of nitrogens with one attached hydrogen (secondary N) is 1. The lowest BCUT2D eigenvalue weighted by atomic mass is 10.1. The van der Waals surface area contributed by atoms with Gasteiger partial charge in [-0.25, -0.2) is 0 Å². The molecular formula is C21H37N7O2. The van der Waals surface area contributed by atoms with Gasteiger partial charge in [0.15, 0.2) is 12.1 Å². The summed E-state index contributed by atoms with van der Waals surface area (Å²) in [6.07, 6.45) is 6.36. The van der Waals surface area contributed by atoms with Crippen molar-refractivity contribution in [2.75, 3.05) is 44.4 Å². The Labute approximate surface area is 179 Å². The van der Waals surface area contributed by atoms with Crippen LogP contribution in [-0.4, -0.2) is 70.1 Å². The molecule has 1 aliphatic heterocycles. The highest BCUT2D eigenvalue weighted by molar-refractivity contribution is 5.92. The van der Waals surface area contributed by atoms with E-state index in [2.05, 4.69) is 47.0 Å². The molecule has 168 valence electrons. The number of aromatic amines is 1. The number of aryl methyl sites for hydroxylation is 1. The minimum absolute atomic E-state index is 0.200. The molecule has 0 bridgehead atoms. The zero-order valence-corrected chi connectivity index (χ0v) is 19.1. The minimum atomic E-state index is 0.200. The SMILES string of the molecule is CCC.CCN(C)/C=C(/c1cc(N2CCCC2)n(C)n1)c1[nH]nc(N)c1C=O.CO. The first-order chi connectivity index (χ1) is 14.5. The second kappa shape index (κ2) is 12.7. The summed E-state index contributed by atoms with van der Waals surface area (Å²) in [5.74, 6) is 1.28. The van der Waals surface area contributed by atoms with Gasteiger partial charge in [-0.1, -0.05) is 20.3 Å². The second-order valence-corrected chi connectivity index (χ2v) is 7.04. The van der Waals surface area contributed by atoms with Crippen molar-refractivity contribution in [1.82, 2.24) is 24.9 Å². The van der Waals surface area contributed by atoms with Crippen LogP contribution in [0.2, 0.25) is 0 Å². The van der Waals surface area contributed by atoms with Crippen LogP contribution in [0.3, 0.4) is 0 Å². The monoisotopic (exact) mass is 419 g/mol. The van der Waals surface area contributed by atoms with Gasteiger partial charge in [0.1, 0.15) is 5.82 Å². The Hall–Kier alpha value is -2.81. The fraction of sp³-hybridized carbons (Fsp3) is 0.571. The Bertz CT molecular complexity index is 804. The van der Waals surface area contributed by atoms with E-state index in [1.165, 1.54) is 19.3 Å². The van der Waals surface area contributed by atoms with E-state index in [1.54, 1.807) is 0 Å². The van der Waals surface area contributed by atoms with Crippen LogP contribution in [-0.2, 0) is 7.05 Å². The van der Waals surface area contributed by atoms with Crippen LogP contribution < -0.4 is 10.6 Å². The number of nitrogens with zero attached hydrogens (tertiary/aromatic N) is 5. The molecule has 2 aromatic heterocycles. The van der Waals surface area contributed by atoms with Crippen molar-refractivity contribution in [2.45, 2.75) is 40.0 Å². The predicted octanol–water partition coefficient (Wildman–Crippen LogP) is 2.50. The third-order valence-corrected chi connectivity index (χ3v) is 4.63. The molecule has 1 saturated heterocycles. The first-order valence-corrected chi connectivity index (χ1v) is 10.4. The normalized spacial score (nSPS) is 13.3. The van der Waals surface area contributed by atoms with Crippen molar-refractivity contribution in [3.05, 3.63) is 29.2 Å². The van der Waals surface area contributed by atoms with Gasteiger partial charge in [0.05, 0.1) is 17.0 Å². The molecule has 3 rings (SSSR count). The summed E-state index contributed by atoms with van der Waals surface area (Å²) in [4.78, 5) is 15.8. The van der Waals surface area contributed by atoms with E-state index in [1.807, 2.05) is 29.9 Å². The molecule has 0 amide bonds. The fourth-order valence-electron chi connectivity index (χ4n) is 3.09. The van der Waals surface area contributed by atoms with Gasteiger partial charge < -0.3 is 20.6 Å². The number of H-pyrrole nitrogens is 1. The Morgan fingerprint density at radius 1 is 1.30 bits per heavy atom. The van der Waals surface area contributed by atoms with Gasteiger partial charge in [-0.3, -0.25) is 14.6 Å². The number of carbonyl (C=O) groups is 1. The summed E-state index contributed by atoms with van der Waals surface area (Å²) in [5, 5.41) is 18.6. The van der Waals surface area contributed by atoms with Crippen molar-refractivity contribution in [3.8, 4) is 0 Å². The van der Waals surface area contributed by atoms with E-state index in [4.69, 9.17) is 10.8 Å². The number of aliphatic hydroxyl groups is 1. The quantitative estimate of drug-likeness (QED) is 0.616. The number of aromatic nitrogens is 4. The van der Waals surface area contributed by atoms with Crippen LogP contribution in [0.1, 0.15) is 61.8 Å². The molecule has 0 unspecified atom stereocenters. The highest BCUT2D eigenvalue weighted by Gasteiger charge is 2.22. The van der Waals surface area contributed by atoms with Gasteiger partial charge >= 0.3 is 0 Å². The molecule has 9 nitrogen and oxygen atoms in total. The van der Waals surface area contributed by atoms with Crippen LogP contribution in [0, 0.1) is 0 Å². The highest BCUT2D eigenvalue weighted by Crippen LogP contribution is 2.29. The average molecular weight is 420 g/mol. The molecule has 0 aliphatic carbocycles. The van der Waals surface area contributed by atoms with Gasteiger partial charge in [0.25, 0.3) is 0 Å². The van der Waals surface area contributed by atoms with Crippen LogP contribution in [0.25, 0.3) is 5.57 Å². The van der Waals surface area contributed by atoms with E-state index in [9.17, 15) is 4.79 Å². The molecule has 1 fully saturated rings. The van der Waals surface area contributed by atoms with E-state index in [-0.39, 0.29) is 5.82 Å². The summed E-state index contributed by atoms with van der Waals surface area (Å²) < 4.78 is 1.89. The molecule has 3 heterocycles.